The number of pyridine rings is 1. The Morgan fingerprint density at radius 1 is 1.21 bits per heavy atom. The molecule has 0 saturated carbocycles. The summed E-state index contributed by atoms with van der Waals surface area (Å²) in [6.07, 6.45) is 2.34. The minimum Gasteiger partial charge on any atom is -0.399 e. The van der Waals surface area contributed by atoms with Gasteiger partial charge in [0.1, 0.15) is 0 Å². The van der Waals surface area contributed by atoms with Gasteiger partial charge in [-0.2, -0.15) is 0 Å². The molecule has 1 aromatic carbocycles. The average Bonchev–Trinajstić information content (AvgIpc) is 2.46. The predicted octanol–water partition coefficient (Wildman–Crippen LogP) is 1.13. The minimum absolute atomic E-state index is 0.144. The molecule has 2 aromatic rings. The molecule has 19 heavy (non-hydrogen) atoms. The molecule has 1 heterocycles. The number of carbonyl (C=O) groups is 1. The van der Waals surface area contributed by atoms with Gasteiger partial charge in [-0.15, -0.1) is 0 Å². The summed E-state index contributed by atoms with van der Waals surface area (Å²) >= 11 is 0. The molecule has 1 amide bonds. The third kappa shape index (κ3) is 3.53. The minimum atomic E-state index is -0.758. The first-order valence-electron chi connectivity index (χ1n) is 5.88. The zero-order chi connectivity index (χ0) is 13.7. The van der Waals surface area contributed by atoms with Crippen molar-refractivity contribution in [3.63, 3.8) is 0 Å². The first kappa shape index (κ1) is 13.0. The predicted molar refractivity (Wildman–Crippen MR) is 72.4 cm³/mol. The van der Waals surface area contributed by atoms with Gasteiger partial charge in [0.25, 0.3) is 5.91 Å². The van der Waals surface area contributed by atoms with Gasteiger partial charge in [0.15, 0.2) is 0 Å². The Hall–Kier alpha value is -2.40. The number of carbonyl (C=O) groups excluding carboxylic acids is 1. The summed E-state index contributed by atoms with van der Waals surface area (Å²) in [6, 6.07) is 10.1. The molecule has 98 valence electrons. The van der Waals surface area contributed by atoms with E-state index in [-0.39, 0.29) is 12.5 Å². The summed E-state index contributed by atoms with van der Waals surface area (Å²) in [6.45, 7) is 0.144. The molecule has 1 atom stereocenters. The monoisotopic (exact) mass is 257 g/mol. The van der Waals surface area contributed by atoms with Gasteiger partial charge in [-0.05, 0) is 29.8 Å². The fraction of sp³-hybridized carbons (Fsp3) is 0.143. The number of aliphatic hydroxyl groups is 1. The van der Waals surface area contributed by atoms with Crippen LogP contribution in [0.4, 0.5) is 5.69 Å². The molecule has 5 nitrogen and oxygen atoms in total. The maximum absolute atomic E-state index is 11.8. The van der Waals surface area contributed by atoms with Crippen LogP contribution in [0.1, 0.15) is 22.0 Å². The normalized spacial score (nSPS) is 11.8. The van der Waals surface area contributed by atoms with Crippen molar-refractivity contribution in [1.29, 1.82) is 0 Å². The second kappa shape index (κ2) is 5.97. The van der Waals surface area contributed by atoms with Crippen molar-refractivity contribution in [2.75, 3.05) is 12.3 Å². The van der Waals surface area contributed by atoms with Crippen molar-refractivity contribution >= 4 is 11.6 Å². The lowest BCUT2D eigenvalue weighted by molar-refractivity contribution is 0.0916. The SMILES string of the molecule is Nc1ccc(C(O)CNC(=O)c2ccncc2)cc1. The quantitative estimate of drug-likeness (QED) is 0.716. The van der Waals surface area contributed by atoms with Crippen molar-refractivity contribution in [3.8, 4) is 0 Å². The highest BCUT2D eigenvalue weighted by molar-refractivity contribution is 5.93. The van der Waals surface area contributed by atoms with Crippen LogP contribution in [0, 0.1) is 0 Å². The summed E-state index contributed by atoms with van der Waals surface area (Å²) in [4.78, 5) is 15.6. The van der Waals surface area contributed by atoms with Crippen LogP contribution in [-0.2, 0) is 0 Å². The molecule has 0 fully saturated rings. The number of nitrogens with two attached hydrogens (primary N) is 1. The number of aromatic nitrogens is 1. The molecule has 0 aliphatic rings. The zero-order valence-electron chi connectivity index (χ0n) is 10.3. The van der Waals surface area contributed by atoms with Crippen LogP contribution in [0.2, 0.25) is 0 Å². The number of benzene rings is 1. The van der Waals surface area contributed by atoms with E-state index in [1.165, 1.54) is 0 Å². The number of amides is 1. The van der Waals surface area contributed by atoms with E-state index in [9.17, 15) is 9.90 Å². The number of rotatable bonds is 4. The maximum atomic E-state index is 11.8. The van der Waals surface area contributed by atoms with E-state index in [1.807, 2.05) is 0 Å². The van der Waals surface area contributed by atoms with E-state index in [1.54, 1.807) is 48.8 Å². The van der Waals surface area contributed by atoms with Gasteiger partial charge in [0.2, 0.25) is 0 Å². The molecule has 1 unspecified atom stereocenters. The number of anilines is 1. The van der Waals surface area contributed by atoms with Crippen LogP contribution in [0.5, 0.6) is 0 Å². The second-order valence-corrected chi connectivity index (χ2v) is 4.13. The number of hydrogen-bond donors (Lipinski definition) is 3. The Morgan fingerprint density at radius 2 is 1.84 bits per heavy atom. The molecule has 0 aliphatic carbocycles. The van der Waals surface area contributed by atoms with Crippen molar-refractivity contribution < 1.29 is 9.90 Å². The van der Waals surface area contributed by atoms with Crippen LogP contribution in [0.25, 0.3) is 0 Å². The van der Waals surface area contributed by atoms with E-state index in [4.69, 9.17) is 5.73 Å². The molecule has 0 radical (unpaired) electrons. The molecule has 0 bridgehead atoms. The van der Waals surface area contributed by atoms with Gasteiger partial charge in [-0.25, -0.2) is 0 Å². The van der Waals surface area contributed by atoms with Crippen LogP contribution in [-0.4, -0.2) is 22.5 Å². The van der Waals surface area contributed by atoms with Gasteiger partial charge < -0.3 is 16.2 Å². The number of nitrogen functional groups attached to an aromatic ring is 1. The van der Waals surface area contributed by atoms with Gasteiger partial charge in [-0.3, -0.25) is 9.78 Å². The number of nitrogens with zero attached hydrogens (tertiary/aromatic N) is 1. The molecule has 1 aromatic heterocycles. The maximum Gasteiger partial charge on any atom is 0.251 e. The fourth-order valence-electron chi connectivity index (χ4n) is 1.63. The first-order valence-corrected chi connectivity index (χ1v) is 5.88. The summed E-state index contributed by atoms with van der Waals surface area (Å²) in [5, 5.41) is 12.6. The smallest absolute Gasteiger partial charge is 0.251 e. The molecule has 4 N–H and O–H groups in total. The summed E-state index contributed by atoms with van der Waals surface area (Å²) in [7, 11) is 0. The van der Waals surface area contributed by atoms with Crippen molar-refractivity contribution in [2.24, 2.45) is 0 Å². The van der Waals surface area contributed by atoms with Crippen LogP contribution in [0.3, 0.4) is 0 Å². The van der Waals surface area contributed by atoms with Gasteiger partial charge >= 0.3 is 0 Å². The van der Waals surface area contributed by atoms with Gasteiger partial charge in [0.05, 0.1) is 6.10 Å². The highest BCUT2D eigenvalue weighted by atomic mass is 16.3. The van der Waals surface area contributed by atoms with Gasteiger partial charge in [0, 0.05) is 30.2 Å². The Bertz CT molecular complexity index is 540. The third-order valence-corrected chi connectivity index (χ3v) is 2.72. The summed E-state index contributed by atoms with van der Waals surface area (Å²) in [5.41, 5.74) is 7.43. The Morgan fingerprint density at radius 3 is 2.47 bits per heavy atom. The Balaban J connectivity index is 1.92. The number of hydrogen-bond acceptors (Lipinski definition) is 4. The molecule has 2 rings (SSSR count). The van der Waals surface area contributed by atoms with Gasteiger partial charge in [-0.1, -0.05) is 12.1 Å². The Kier molecular flexibility index (Phi) is 4.10. The van der Waals surface area contributed by atoms with E-state index in [0.29, 0.717) is 16.8 Å². The lowest BCUT2D eigenvalue weighted by Crippen LogP contribution is -2.28. The standard InChI is InChI=1S/C14H15N3O2/c15-12-3-1-10(2-4-12)13(18)9-17-14(19)11-5-7-16-8-6-11/h1-8,13,18H,9,15H2,(H,17,19). The van der Waals surface area contributed by atoms with E-state index >= 15 is 0 Å². The highest BCUT2D eigenvalue weighted by Gasteiger charge is 2.10. The number of nitrogens with one attached hydrogen (secondary N) is 1. The third-order valence-electron chi connectivity index (χ3n) is 2.72. The highest BCUT2D eigenvalue weighted by Crippen LogP contribution is 2.13. The van der Waals surface area contributed by atoms with Crippen LogP contribution < -0.4 is 11.1 Å². The second-order valence-electron chi connectivity index (χ2n) is 4.13. The lowest BCUT2D eigenvalue weighted by Gasteiger charge is -2.12. The number of aliphatic hydroxyl groups excluding tert-OH is 1. The molecule has 5 heteroatoms. The van der Waals surface area contributed by atoms with Crippen LogP contribution >= 0.6 is 0 Å². The molecule has 0 saturated heterocycles. The fourth-order valence-corrected chi connectivity index (χ4v) is 1.63. The van der Waals surface area contributed by atoms with E-state index in [2.05, 4.69) is 10.3 Å². The van der Waals surface area contributed by atoms with Crippen molar-refractivity contribution in [1.82, 2.24) is 10.3 Å². The average molecular weight is 257 g/mol. The topological polar surface area (TPSA) is 88.2 Å². The van der Waals surface area contributed by atoms with Crippen molar-refractivity contribution in [3.05, 3.63) is 59.9 Å². The summed E-state index contributed by atoms with van der Waals surface area (Å²) < 4.78 is 0. The molecular weight excluding hydrogens is 242 g/mol. The lowest BCUT2D eigenvalue weighted by atomic mass is 10.1. The van der Waals surface area contributed by atoms with E-state index in [0.717, 1.165) is 0 Å². The van der Waals surface area contributed by atoms with Crippen LogP contribution in [0.15, 0.2) is 48.8 Å². The zero-order valence-corrected chi connectivity index (χ0v) is 10.3. The van der Waals surface area contributed by atoms with E-state index < -0.39 is 6.10 Å². The largest absolute Gasteiger partial charge is 0.399 e. The summed E-state index contributed by atoms with van der Waals surface area (Å²) in [5.74, 6) is -0.239. The molecule has 0 aliphatic heterocycles. The molecular formula is C14H15N3O2. The molecule has 0 spiro atoms. The van der Waals surface area contributed by atoms with Crippen molar-refractivity contribution in [2.45, 2.75) is 6.10 Å². The first-order chi connectivity index (χ1) is 9.16. The Labute approximate surface area is 111 Å².